The summed E-state index contributed by atoms with van der Waals surface area (Å²) in [5.74, 6) is 0.807. The number of likely N-dealkylation sites (tertiary alicyclic amines) is 1. The summed E-state index contributed by atoms with van der Waals surface area (Å²) in [5, 5.41) is 14.6. The Bertz CT molecular complexity index is 861. The summed E-state index contributed by atoms with van der Waals surface area (Å²) in [6, 6.07) is 13.4. The Morgan fingerprint density at radius 3 is 2.62 bits per heavy atom. The number of carbonyl (C=O) groups is 1. The normalized spacial score (nSPS) is 18.8. The van der Waals surface area contributed by atoms with E-state index in [0.717, 1.165) is 55.0 Å². The first kappa shape index (κ1) is 20.2. The molecule has 29 heavy (non-hydrogen) atoms. The number of piperidine rings is 1. The van der Waals surface area contributed by atoms with Gasteiger partial charge in [0.2, 0.25) is 5.91 Å². The third kappa shape index (κ3) is 4.74. The van der Waals surface area contributed by atoms with E-state index in [1.165, 1.54) is 0 Å². The number of aliphatic hydroxyl groups is 1. The predicted octanol–water partition coefficient (Wildman–Crippen LogP) is 3.98. The summed E-state index contributed by atoms with van der Waals surface area (Å²) < 4.78 is 5.96. The van der Waals surface area contributed by atoms with Gasteiger partial charge in [-0.1, -0.05) is 35.9 Å². The molecule has 1 fully saturated rings. The number of nitrogens with one attached hydrogen (secondary N) is 1. The molecule has 5 nitrogen and oxygen atoms in total. The van der Waals surface area contributed by atoms with Crippen LogP contribution in [-0.4, -0.2) is 42.2 Å². The maximum atomic E-state index is 11.7. The van der Waals surface area contributed by atoms with Gasteiger partial charge >= 0.3 is 0 Å². The van der Waals surface area contributed by atoms with Crippen LogP contribution in [0.4, 0.5) is 5.69 Å². The van der Waals surface area contributed by atoms with Gasteiger partial charge in [0.15, 0.2) is 0 Å². The fourth-order valence-corrected chi connectivity index (χ4v) is 4.29. The smallest absolute Gasteiger partial charge is 0.224 e. The standard InChI is InChI=1S/C23H27ClN2O3/c24-19-8-6-18(7-9-19)23(28)11-14-26(15-12-23)13-2-16-29-20-4-1-3-17-5-10-21(27)25-22(17)20/h1,3-4,6-9,28H,2,5,10-16H2,(H,25,27). The molecule has 2 aromatic rings. The van der Waals surface area contributed by atoms with Crippen molar-refractivity contribution in [2.45, 2.75) is 37.7 Å². The number of aryl methyl sites for hydroxylation is 1. The molecule has 2 aliphatic heterocycles. The second-order valence-electron chi connectivity index (χ2n) is 7.92. The number of nitrogens with zero attached hydrogens (tertiary/aromatic N) is 1. The average molecular weight is 415 g/mol. The molecule has 4 rings (SSSR count). The summed E-state index contributed by atoms with van der Waals surface area (Å²) in [6.45, 7) is 3.24. The van der Waals surface area contributed by atoms with Gasteiger partial charge < -0.3 is 20.1 Å². The summed E-state index contributed by atoms with van der Waals surface area (Å²) in [7, 11) is 0. The van der Waals surface area contributed by atoms with E-state index in [9.17, 15) is 9.90 Å². The van der Waals surface area contributed by atoms with E-state index >= 15 is 0 Å². The fraction of sp³-hybridized carbons (Fsp3) is 0.435. The minimum atomic E-state index is -0.765. The first-order valence-electron chi connectivity index (χ1n) is 10.3. The van der Waals surface area contributed by atoms with Gasteiger partial charge in [-0.15, -0.1) is 0 Å². The molecule has 2 aliphatic rings. The van der Waals surface area contributed by atoms with Gasteiger partial charge in [0, 0.05) is 31.1 Å². The molecular formula is C23H27ClN2O3. The lowest BCUT2D eigenvalue weighted by atomic mass is 9.84. The highest BCUT2D eigenvalue weighted by Gasteiger charge is 2.33. The molecule has 0 unspecified atom stereocenters. The lowest BCUT2D eigenvalue weighted by Gasteiger charge is -2.38. The quantitative estimate of drug-likeness (QED) is 0.702. The molecule has 1 amide bonds. The SMILES string of the molecule is O=C1CCc2cccc(OCCCN3CCC(O)(c4ccc(Cl)cc4)CC3)c2N1. The van der Waals surface area contributed by atoms with Crippen LogP contribution in [-0.2, 0) is 16.8 Å². The van der Waals surface area contributed by atoms with Crippen molar-refractivity contribution in [3.8, 4) is 5.75 Å². The second kappa shape index (κ2) is 8.74. The van der Waals surface area contributed by atoms with E-state index in [1.54, 1.807) is 0 Å². The average Bonchev–Trinajstić information content (AvgIpc) is 2.73. The van der Waals surface area contributed by atoms with Crippen molar-refractivity contribution in [3.05, 3.63) is 58.6 Å². The number of amides is 1. The molecule has 6 heteroatoms. The molecule has 0 atom stereocenters. The predicted molar refractivity (Wildman–Crippen MR) is 115 cm³/mol. The number of rotatable bonds is 6. The Morgan fingerprint density at radius 1 is 1.10 bits per heavy atom. The molecule has 2 N–H and O–H groups in total. The zero-order valence-corrected chi connectivity index (χ0v) is 17.3. The van der Waals surface area contributed by atoms with Crippen LogP contribution in [0.2, 0.25) is 5.02 Å². The number of ether oxygens (including phenoxy) is 1. The molecular weight excluding hydrogens is 388 g/mol. The molecule has 0 bridgehead atoms. The van der Waals surface area contributed by atoms with Gasteiger partial charge in [-0.25, -0.2) is 0 Å². The molecule has 0 aliphatic carbocycles. The molecule has 2 heterocycles. The Balaban J connectivity index is 1.24. The largest absolute Gasteiger partial charge is 0.491 e. The number of hydrogen-bond donors (Lipinski definition) is 2. The highest BCUT2D eigenvalue weighted by atomic mass is 35.5. The van der Waals surface area contributed by atoms with Gasteiger partial charge in [-0.2, -0.15) is 0 Å². The fourth-order valence-electron chi connectivity index (χ4n) is 4.16. The first-order chi connectivity index (χ1) is 14.0. The van der Waals surface area contributed by atoms with Crippen molar-refractivity contribution >= 4 is 23.2 Å². The zero-order valence-electron chi connectivity index (χ0n) is 16.5. The van der Waals surface area contributed by atoms with Crippen molar-refractivity contribution in [2.75, 3.05) is 31.6 Å². The van der Waals surface area contributed by atoms with E-state index in [-0.39, 0.29) is 5.91 Å². The number of halogens is 1. The van der Waals surface area contributed by atoms with Gasteiger partial charge in [-0.3, -0.25) is 4.79 Å². The Hall–Kier alpha value is -2.08. The molecule has 0 aromatic heterocycles. The highest BCUT2D eigenvalue weighted by Crippen LogP contribution is 2.34. The summed E-state index contributed by atoms with van der Waals surface area (Å²) in [5.41, 5.74) is 2.15. The van der Waals surface area contributed by atoms with E-state index in [4.69, 9.17) is 16.3 Å². The molecule has 0 saturated carbocycles. The summed E-state index contributed by atoms with van der Waals surface area (Å²) in [6.07, 6.45) is 3.63. The van der Waals surface area contributed by atoms with Crippen LogP contribution in [0, 0.1) is 0 Å². The van der Waals surface area contributed by atoms with Gasteiger partial charge in [-0.05, 0) is 55.0 Å². The van der Waals surface area contributed by atoms with Crippen LogP contribution < -0.4 is 10.1 Å². The van der Waals surface area contributed by atoms with E-state index in [0.29, 0.717) is 30.9 Å². The minimum absolute atomic E-state index is 0.0510. The van der Waals surface area contributed by atoms with Crippen molar-refractivity contribution in [3.63, 3.8) is 0 Å². The van der Waals surface area contributed by atoms with E-state index in [2.05, 4.69) is 10.2 Å². The molecule has 1 saturated heterocycles. The number of anilines is 1. The molecule has 154 valence electrons. The van der Waals surface area contributed by atoms with Gasteiger partial charge in [0.25, 0.3) is 0 Å². The molecule has 2 aromatic carbocycles. The second-order valence-corrected chi connectivity index (χ2v) is 8.36. The zero-order chi connectivity index (χ0) is 20.3. The summed E-state index contributed by atoms with van der Waals surface area (Å²) in [4.78, 5) is 14.1. The van der Waals surface area contributed by atoms with Crippen LogP contribution in [0.1, 0.15) is 36.8 Å². The number of para-hydroxylation sites is 1. The van der Waals surface area contributed by atoms with E-state index < -0.39 is 5.60 Å². The maximum Gasteiger partial charge on any atom is 0.224 e. The van der Waals surface area contributed by atoms with Crippen LogP contribution in [0.15, 0.2) is 42.5 Å². The van der Waals surface area contributed by atoms with E-state index in [1.807, 2.05) is 42.5 Å². The van der Waals surface area contributed by atoms with Crippen LogP contribution in [0.3, 0.4) is 0 Å². The minimum Gasteiger partial charge on any atom is -0.491 e. The lowest BCUT2D eigenvalue weighted by molar-refractivity contribution is -0.116. The Kier molecular flexibility index (Phi) is 6.09. The van der Waals surface area contributed by atoms with Crippen LogP contribution >= 0.6 is 11.6 Å². The molecule has 0 spiro atoms. The summed E-state index contributed by atoms with van der Waals surface area (Å²) >= 11 is 5.96. The third-order valence-electron chi connectivity index (χ3n) is 5.94. The monoisotopic (exact) mass is 414 g/mol. The number of benzene rings is 2. The van der Waals surface area contributed by atoms with Crippen LogP contribution in [0.5, 0.6) is 5.75 Å². The van der Waals surface area contributed by atoms with Gasteiger partial charge in [0.1, 0.15) is 5.75 Å². The van der Waals surface area contributed by atoms with Crippen molar-refractivity contribution < 1.29 is 14.6 Å². The maximum absolute atomic E-state index is 11.7. The van der Waals surface area contributed by atoms with Crippen molar-refractivity contribution in [1.82, 2.24) is 4.90 Å². The number of fused-ring (bicyclic) bond motifs is 1. The topological polar surface area (TPSA) is 61.8 Å². The van der Waals surface area contributed by atoms with Gasteiger partial charge in [0.05, 0.1) is 17.9 Å². The highest BCUT2D eigenvalue weighted by molar-refractivity contribution is 6.30. The lowest BCUT2D eigenvalue weighted by Crippen LogP contribution is -2.43. The van der Waals surface area contributed by atoms with Crippen molar-refractivity contribution in [2.24, 2.45) is 0 Å². The number of carbonyl (C=O) groups excluding carboxylic acids is 1. The third-order valence-corrected chi connectivity index (χ3v) is 6.19. The Labute approximate surface area is 176 Å². The first-order valence-corrected chi connectivity index (χ1v) is 10.7. The molecule has 0 radical (unpaired) electrons. The Morgan fingerprint density at radius 2 is 1.86 bits per heavy atom. The van der Waals surface area contributed by atoms with Crippen LogP contribution in [0.25, 0.3) is 0 Å². The number of hydrogen-bond acceptors (Lipinski definition) is 4. The van der Waals surface area contributed by atoms with Crippen molar-refractivity contribution in [1.29, 1.82) is 0 Å².